The normalized spacial score (nSPS) is 12.1. The number of alkyl halides is 6. The summed E-state index contributed by atoms with van der Waals surface area (Å²) in [6.07, 6.45) is -9.39. The summed E-state index contributed by atoms with van der Waals surface area (Å²) in [5.41, 5.74) is -5.18. The lowest BCUT2D eigenvalue weighted by Gasteiger charge is -2.10. The van der Waals surface area contributed by atoms with Crippen molar-refractivity contribution < 1.29 is 36.2 Å². The van der Waals surface area contributed by atoms with E-state index >= 15 is 0 Å². The van der Waals surface area contributed by atoms with Crippen molar-refractivity contribution in [1.82, 2.24) is 4.98 Å². The van der Waals surface area contributed by atoms with Crippen LogP contribution in [0.25, 0.3) is 0 Å². The Balaban J connectivity index is 2.58. The zero-order valence-electron chi connectivity index (χ0n) is 12.5. The summed E-state index contributed by atoms with van der Waals surface area (Å²) >= 11 is 0.207. The van der Waals surface area contributed by atoms with E-state index in [1.807, 2.05) is 0 Å². The van der Waals surface area contributed by atoms with Crippen LogP contribution in [0.5, 0.6) is 0 Å². The lowest BCUT2D eigenvalue weighted by atomic mass is 10.1. The minimum absolute atomic E-state index is 0.111. The van der Waals surface area contributed by atoms with E-state index in [0.717, 1.165) is 6.07 Å². The van der Waals surface area contributed by atoms with Crippen molar-refractivity contribution >= 4 is 23.1 Å². The fraction of sp³-hybridized carbons (Fsp3) is 0.154. The van der Waals surface area contributed by atoms with E-state index in [9.17, 15) is 46.6 Å². The Morgan fingerprint density at radius 1 is 0.852 bits per heavy atom. The first-order valence-electron chi connectivity index (χ1n) is 6.56. The molecule has 1 aromatic carbocycles. The molecule has 27 heavy (non-hydrogen) atoms. The molecule has 0 unspecified atom stereocenters. The molecule has 0 saturated heterocycles. The van der Waals surface area contributed by atoms with Gasteiger partial charge in [-0.05, 0) is 12.1 Å². The van der Waals surface area contributed by atoms with Gasteiger partial charge in [-0.15, -0.1) is 0 Å². The second-order valence-corrected chi connectivity index (χ2v) is 5.87. The van der Waals surface area contributed by atoms with Crippen molar-refractivity contribution in [1.29, 1.82) is 0 Å². The number of nitro groups is 2. The number of pyridine rings is 1. The quantitative estimate of drug-likeness (QED) is 0.393. The minimum Gasteiger partial charge on any atom is -0.258 e. The molecule has 0 fully saturated rings. The lowest BCUT2D eigenvalue weighted by molar-refractivity contribution is -0.400. The van der Waals surface area contributed by atoms with Crippen LogP contribution in [-0.2, 0) is 12.4 Å². The van der Waals surface area contributed by atoms with Gasteiger partial charge in [0.1, 0.15) is 5.03 Å². The molecule has 0 radical (unpaired) electrons. The van der Waals surface area contributed by atoms with Crippen LogP contribution in [0, 0.1) is 20.2 Å². The molecule has 0 amide bonds. The second kappa shape index (κ2) is 7.02. The molecule has 0 aliphatic rings. The van der Waals surface area contributed by atoms with Gasteiger partial charge in [-0.1, -0.05) is 11.8 Å². The third-order valence-electron chi connectivity index (χ3n) is 3.04. The van der Waals surface area contributed by atoms with Gasteiger partial charge in [-0.25, -0.2) is 4.98 Å². The summed E-state index contributed by atoms with van der Waals surface area (Å²) in [5, 5.41) is 21.9. The number of hydrogen-bond donors (Lipinski definition) is 0. The Bertz CT molecular complexity index is 863. The molecule has 0 aliphatic heterocycles. The van der Waals surface area contributed by atoms with Crippen LogP contribution in [0.3, 0.4) is 0 Å². The Morgan fingerprint density at radius 2 is 1.33 bits per heavy atom. The van der Waals surface area contributed by atoms with E-state index in [-0.39, 0.29) is 28.9 Å². The molecule has 1 heterocycles. The van der Waals surface area contributed by atoms with Gasteiger partial charge in [0.15, 0.2) is 4.90 Å². The molecule has 7 nitrogen and oxygen atoms in total. The second-order valence-electron chi connectivity index (χ2n) is 4.84. The van der Waals surface area contributed by atoms with Crippen molar-refractivity contribution in [3.63, 3.8) is 0 Å². The summed E-state index contributed by atoms with van der Waals surface area (Å²) in [7, 11) is 0. The zero-order chi connectivity index (χ0) is 20.6. The van der Waals surface area contributed by atoms with Crippen molar-refractivity contribution in [2.75, 3.05) is 0 Å². The van der Waals surface area contributed by atoms with E-state index in [1.165, 1.54) is 0 Å². The van der Waals surface area contributed by atoms with Crippen LogP contribution < -0.4 is 0 Å². The lowest BCUT2D eigenvalue weighted by Crippen LogP contribution is -2.08. The van der Waals surface area contributed by atoms with Crippen LogP contribution in [0.15, 0.2) is 40.4 Å². The highest BCUT2D eigenvalue weighted by molar-refractivity contribution is 7.99. The van der Waals surface area contributed by atoms with E-state index < -0.39 is 49.6 Å². The average Bonchev–Trinajstić information content (AvgIpc) is 2.53. The summed E-state index contributed by atoms with van der Waals surface area (Å²) in [6, 6.07) is 1.59. The number of halogens is 6. The Morgan fingerprint density at radius 3 is 1.67 bits per heavy atom. The predicted molar refractivity (Wildman–Crippen MR) is 78.1 cm³/mol. The fourth-order valence-corrected chi connectivity index (χ4v) is 2.78. The topological polar surface area (TPSA) is 99.2 Å². The monoisotopic (exact) mass is 413 g/mol. The Kier molecular flexibility index (Phi) is 5.30. The third-order valence-corrected chi connectivity index (χ3v) is 4.11. The third kappa shape index (κ3) is 4.64. The zero-order valence-corrected chi connectivity index (χ0v) is 13.4. The highest BCUT2D eigenvalue weighted by atomic mass is 32.2. The average molecular weight is 413 g/mol. The van der Waals surface area contributed by atoms with Crippen molar-refractivity contribution in [3.8, 4) is 0 Å². The maximum atomic E-state index is 12.8. The van der Waals surface area contributed by atoms with Gasteiger partial charge in [0.25, 0.3) is 11.4 Å². The molecule has 0 bridgehead atoms. The van der Waals surface area contributed by atoms with Crippen LogP contribution in [0.4, 0.5) is 37.7 Å². The Hall–Kier alpha value is -2.90. The summed E-state index contributed by atoms with van der Waals surface area (Å²) in [6.45, 7) is 0. The first kappa shape index (κ1) is 20.4. The van der Waals surface area contributed by atoms with Gasteiger partial charge in [0.2, 0.25) is 0 Å². The van der Waals surface area contributed by atoms with E-state index in [1.54, 1.807) is 0 Å². The van der Waals surface area contributed by atoms with Crippen molar-refractivity contribution in [2.24, 2.45) is 0 Å². The summed E-state index contributed by atoms with van der Waals surface area (Å²) in [4.78, 5) is 22.3. The fourth-order valence-electron chi connectivity index (χ4n) is 1.85. The maximum absolute atomic E-state index is 12.8. The van der Waals surface area contributed by atoms with E-state index in [2.05, 4.69) is 4.98 Å². The molecule has 2 aromatic rings. The minimum atomic E-state index is -5.08. The van der Waals surface area contributed by atoms with Crippen LogP contribution in [0.2, 0.25) is 0 Å². The van der Waals surface area contributed by atoms with E-state index in [4.69, 9.17) is 0 Å². The molecule has 0 atom stereocenters. The first-order valence-corrected chi connectivity index (χ1v) is 7.37. The largest absolute Gasteiger partial charge is 0.417 e. The van der Waals surface area contributed by atoms with Crippen LogP contribution >= 0.6 is 11.8 Å². The molecular formula is C13H5F6N3O4S. The molecule has 144 valence electrons. The van der Waals surface area contributed by atoms with Gasteiger partial charge in [-0.2, -0.15) is 26.3 Å². The number of nitro benzene ring substituents is 2. The van der Waals surface area contributed by atoms with Crippen molar-refractivity contribution in [2.45, 2.75) is 22.3 Å². The molecule has 0 saturated carbocycles. The molecule has 14 heteroatoms. The first-order chi connectivity index (χ1) is 12.3. The summed E-state index contributed by atoms with van der Waals surface area (Å²) in [5.74, 6) is 0. The number of hydrogen-bond acceptors (Lipinski definition) is 6. The van der Waals surface area contributed by atoms with Gasteiger partial charge >= 0.3 is 12.4 Å². The van der Waals surface area contributed by atoms with Gasteiger partial charge in [0.05, 0.1) is 21.0 Å². The maximum Gasteiger partial charge on any atom is 0.417 e. The summed E-state index contributed by atoms with van der Waals surface area (Å²) < 4.78 is 76.0. The SMILES string of the molecule is O=[N+]([O-])c1cc(C(F)(F)F)cc([N+](=O)[O-])c1Sc1ccc(C(F)(F)F)cn1. The van der Waals surface area contributed by atoms with Gasteiger partial charge < -0.3 is 0 Å². The van der Waals surface area contributed by atoms with Crippen LogP contribution in [0.1, 0.15) is 11.1 Å². The molecule has 2 rings (SSSR count). The molecule has 0 N–H and O–H groups in total. The standard InChI is InChI=1S/C13H5F6N3O4S/c14-12(15,16)6-1-2-10(20-5-6)27-11-8(21(23)24)3-7(13(17,18)19)4-9(11)22(25)26/h1-5H. The highest BCUT2D eigenvalue weighted by Gasteiger charge is 2.38. The Labute approximate surface area is 149 Å². The van der Waals surface area contributed by atoms with Gasteiger partial charge in [0, 0.05) is 18.3 Å². The highest BCUT2D eigenvalue weighted by Crippen LogP contribution is 2.45. The number of rotatable bonds is 4. The molecular weight excluding hydrogens is 408 g/mol. The number of benzene rings is 1. The van der Waals surface area contributed by atoms with Crippen molar-refractivity contribution in [3.05, 3.63) is 61.8 Å². The van der Waals surface area contributed by atoms with E-state index in [0.29, 0.717) is 12.3 Å². The van der Waals surface area contributed by atoms with Crippen LogP contribution in [-0.4, -0.2) is 14.8 Å². The number of aromatic nitrogens is 1. The van der Waals surface area contributed by atoms with Gasteiger partial charge in [-0.3, -0.25) is 20.2 Å². The number of nitrogens with zero attached hydrogens (tertiary/aromatic N) is 3. The molecule has 0 spiro atoms. The smallest absolute Gasteiger partial charge is 0.258 e. The molecule has 0 aliphatic carbocycles. The predicted octanol–water partition coefficient (Wildman–Crippen LogP) is 5.09. The molecule has 1 aromatic heterocycles.